The summed E-state index contributed by atoms with van der Waals surface area (Å²) in [6.07, 6.45) is 2.02. The molecule has 3 heteroatoms. The Morgan fingerprint density at radius 3 is 2.75 bits per heavy atom. The van der Waals surface area contributed by atoms with Crippen molar-refractivity contribution in [2.75, 3.05) is 7.11 Å². The van der Waals surface area contributed by atoms with Crippen molar-refractivity contribution in [2.24, 2.45) is 0 Å². The van der Waals surface area contributed by atoms with Gasteiger partial charge in [0.25, 0.3) is 0 Å². The highest BCUT2D eigenvalue weighted by atomic mass is 16.5. The molecule has 1 N–H and O–H groups in total. The van der Waals surface area contributed by atoms with Gasteiger partial charge in [0.15, 0.2) is 11.4 Å². The predicted molar refractivity (Wildman–Crippen MR) is 60.6 cm³/mol. The van der Waals surface area contributed by atoms with E-state index in [1.807, 2.05) is 18.2 Å². The number of methoxy groups -OCH3 is 1. The Hall–Kier alpha value is -1.61. The monoisotopic (exact) mass is 218 g/mol. The fourth-order valence-corrected chi connectivity index (χ4v) is 2.05. The molecule has 0 bridgehead atoms. The van der Waals surface area contributed by atoms with Gasteiger partial charge >= 0.3 is 0 Å². The van der Waals surface area contributed by atoms with Gasteiger partial charge in [-0.15, -0.1) is 0 Å². The van der Waals surface area contributed by atoms with E-state index in [1.165, 1.54) is 6.92 Å². The number of aliphatic hydroxyl groups is 1. The van der Waals surface area contributed by atoms with E-state index in [1.54, 1.807) is 19.3 Å². The topological polar surface area (TPSA) is 46.5 Å². The predicted octanol–water partition coefficient (Wildman–Crippen LogP) is 1.85. The summed E-state index contributed by atoms with van der Waals surface area (Å²) in [5, 5.41) is 10.4. The molecular formula is C13H14O3. The Kier molecular flexibility index (Phi) is 2.56. The van der Waals surface area contributed by atoms with Crippen LogP contribution in [0.25, 0.3) is 5.76 Å². The molecule has 0 saturated carbocycles. The molecule has 1 atom stereocenters. The van der Waals surface area contributed by atoms with Gasteiger partial charge in [0.05, 0.1) is 7.11 Å². The highest BCUT2D eigenvalue weighted by Gasteiger charge is 2.39. The van der Waals surface area contributed by atoms with Crippen molar-refractivity contribution in [1.29, 1.82) is 0 Å². The number of rotatable bonds is 2. The standard InChI is InChI=1S/C13H14O3/c1-9(14)13(15)8-7-12(16-2)10-5-3-4-6-11(10)13/h3-7,15H,8H2,1-2H3. The van der Waals surface area contributed by atoms with Crippen molar-refractivity contribution >= 4 is 11.5 Å². The van der Waals surface area contributed by atoms with Gasteiger partial charge in [-0.1, -0.05) is 24.3 Å². The van der Waals surface area contributed by atoms with E-state index < -0.39 is 5.60 Å². The maximum absolute atomic E-state index is 11.6. The van der Waals surface area contributed by atoms with Crippen molar-refractivity contribution < 1.29 is 14.6 Å². The summed E-state index contributed by atoms with van der Waals surface area (Å²) in [6, 6.07) is 7.28. The average Bonchev–Trinajstić information content (AvgIpc) is 2.30. The number of carbonyl (C=O) groups is 1. The third kappa shape index (κ3) is 1.44. The zero-order valence-electron chi connectivity index (χ0n) is 9.36. The molecule has 3 nitrogen and oxygen atoms in total. The number of carbonyl (C=O) groups excluding carboxylic acids is 1. The zero-order valence-corrected chi connectivity index (χ0v) is 9.36. The molecule has 2 rings (SSSR count). The van der Waals surface area contributed by atoms with Crippen LogP contribution in [0.1, 0.15) is 24.5 Å². The summed E-state index contributed by atoms with van der Waals surface area (Å²) in [7, 11) is 1.58. The first-order chi connectivity index (χ1) is 7.59. The summed E-state index contributed by atoms with van der Waals surface area (Å²) >= 11 is 0. The van der Waals surface area contributed by atoms with Crippen LogP contribution in [-0.2, 0) is 15.1 Å². The van der Waals surface area contributed by atoms with Crippen LogP contribution in [0.15, 0.2) is 30.3 Å². The molecule has 0 heterocycles. The fraction of sp³-hybridized carbons (Fsp3) is 0.308. The van der Waals surface area contributed by atoms with Crippen molar-refractivity contribution in [1.82, 2.24) is 0 Å². The van der Waals surface area contributed by atoms with E-state index in [0.717, 1.165) is 5.56 Å². The van der Waals surface area contributed by atoms with Crippen LogP contribution in [0.3, 0.4) is 0 Å². The number of benzene rings is 1. The second-order valence-electron chi connectivity index (χ2n) is 3.94. The second kappa shape index (κ2) is 3.76. The SMILES string of the molecule is COC1=CCC(O)(C(C)=O)c2ccccc21. The third-order valence-electron chi connectivity index (χ3n) is 3.02. The number of hydrogen-bond donors (Lipinski definition) is 1. The quantitative estimate of drug-likeness (QED) is 0.824. The molecule has 0 aliphatic heterocycles. The van der Waals surface area contributed by atoms with Gasteiger partial charge in [0.1, 0.15) is 5.76 Å². The third-order valence-corrected chi connectivity index (χ3v) is 3.02. The van der Waals surface area contributed by atoms with Gasteiger partial charge in [0, 0.05) is 17.5 Å². The Labute approximate surface area is 94.4 Å². The maximum Gasteiger partial charge on any atom is 0.166 e. The van der Waals surface area contributed by atoms with Gasteiger partial charge in [-0.05, 0) is 13.0 Å². The van der Waals surface area contributed by atoms with E-state index in [4.69, 9.17) is 4.74 Å². The zero-order chi connectivity index (χ0) is 11.8. The Morgan fingerprint density at radius 1 is 1.44 bits per heavy atom. The molecule has 1 aromatic carbocycles. The molecule has 84 valence electrons. The van der Waals surface area contributed by atoms with Crippen molar-refractivity contribution in [2.45, 2.75) is 18.9 Å². The van der Waals surface area contributed by atoms with Crippen molar-refractivity contribution in [3.8, 4) is 0 Å². The lowest BCUT2D eigenvalue weighted by Crippen LogP contribution is -2.36. The van der Waals surface area contributed by atoms with Gasteiger partial charge in [-0.3, -0.25) is 4.79 Å². The molecule has 0 amide bonds. The molecule has 1 aliphatic carbocycles. The lowest BCUT2D eigenvalue weighted by Gasteiger charge is -2.31. The van der Waals surface area contributed by atoms with E-state index >= 15 is 0 Å². The van der Waals surface area contributed by atoms with Gasteiger partial charge in [-0.25, -0.2) is 0 Å². The highest BCUT2D eigenvalue weighted by Crippen LogP contribution is 2.38. The number of ketones is 1. The first-order valence-corrected chi connectivity index (χ1v) is 5.17. The summed E-state index contributed by atoms with van der Waals surface area (Å²) in [5.41, 5.74) is 0.00863. The van der Waals surface area contributed by atoms with E-state index in [0.29, 0.717) is 11.3 Å². The summed E-state index contributed by atoms with van der Waals surface area (Å²) < 4.78 is 5.23. The molecule has 0 saturated heterocycles. The fourth-order valence-electron chi connectivity index (χ4n) is 2.05. The summed E-state index contributed by atoms with van der Waals surface area (Å²) in [4.78, 5) is 11.6. The molecule has 0 aromatic heterocycles. The van der Waals surface area contributed by atoms with Crippen LogP contribution in [0.4, 0.5) is 0 Å². The van der Waals surface area contributed by atoms with Crippen LogP contribution < -0.4 is 0 Å². The molecule has 1 aliphatic rings. The molecule has 0 radical (unpaired) electrons. The van der Waals surface area contributed by atoms with E-state index in [9.17, 15) is 9.90 Å². The van der Waals surface area contributed by atoms with E-state index in [2.05, 4.69) is 0 Å². The normalized spacial score (nSPS) is 23.3. The lowest BCUT2D eigenvalue weighted by molar-refractivity contribution is -0.135. The van der Waals surface area contributed by atoms with Gasteiger partial charge < -0.3 is 9.84 Å². The summed E-state index contributed by atoms with van der Waals surface area (Å²) in [5.74, 6) is 0.466. The first kappa shape index (κ1) is 10.9. The van der Waals surface area contributed by atoms with E-state index in [-0.39, 0.29) is 12.2 Å². The van der Waals surface area contributed by atoms with Crippen molar-refractivity contribution in [3.63, 3.8) is 0 Å². The second-order valence-corrected chi connectivity index (χ2v) is 3.94. The number of Topliss-reactive ketones (excluding diaryl/α,β-unsaturated/α-hetero) is 1. The van der Waals surface area contributed by atoms with Gasteiger partial charge in [0.2, 0.25) is 0 Å². The van der Waals surface area contributed by atoms with Crippen LogP contribution in [-0.4, -0.2) is 18.0 Å². The largest absolute Gasteiger partial charge is 0.496 e. The lowest BCUT2D eigenvalue weighted by atomic mass is 9.80. The minimum Gasteiger partial charge on any atom is -0.496 e. The van der Waals surface area contributed by atoms with Crippen LogP contribution in [0, 0.1) is 0 Å². The number of ether oxygens (including phenoxy) is 1. The average molecular weight is 218 g/mol. The molecule has 1 unspecified atom stereocenters. The number of fused-ring (bicyclic) bond motifs is 1. The van der Waals surface area contributed by atoms with Crippen molar-refractivity contribution in [3.05, 3.63) is 41.5 Å². The minimum atomic E-state index is -1.40. The maximum atomic E-state index is 11.6. The molecule has 0 spiro atoms. The van der Waals surface area contributed by atoms with Crippen LogP contribution >= 0.6 is 0 Å². The Morgan fingerprint density at radius 2 is 2.12 bits per heavy atom. The smallest absolute Gasteiger partial charge is 0.166 e. The first-order valence-electron chi connectivity index (χ1n) is 5.17. The molecule has 0 fully saturated rings. The molecule has 16 heavy (non-hydrogen) atoms. The Bertz CT molecular complexity index is 462. The highest BCUT2D eigenvalue weighted by molar-refractivity contribution is 5.89. The number of hydrogen-bond acceptors (Lipinski definition) is 3. The Balaban J connectivity index is 2.62. The molecular weight excluding hydrogens is 204 g/mol. The molecule has 1 aromatic rings. The summed E-state index contributed by atoms with van der Waals surface area (Å²) in [6.45, 7) is 1.41. The van der Waals surface area contributed by atoms with Crippen LogP contribution in [0.5, 0.6) is 0 Å². The minimum absolute atomic E-state index is 0.244. The van der Waals surface area contributed by atoms with Gasteiger partial charge in [-0.2, -0.15) is 0 Å². The van der Waals surface area contributed by atoms with Crippen LogP contribution in [0.2, 0.25) is 0 Å².